The third-order valence-corrected chi connectivity index (χ3v) is 7.56. The minimum Gasteiger partial charge on any atom is -0.205 e. The van der Waals surface area contributed by atoms with Gasteiger partial charge < -0.3 is 0 Å². The maximum atomic E-state index is 14.7. The van der Waals surface area contributed by atoms with Gasteiger partial charge in [0.05, 0.1) is 5.02 Å². The highest BCUT2D eigenvalue weighted by atomic mass is 35.5. The van der Waals surface area contributed by atoms with Gasteiger partial charge in [-0.05, 0) is 86.2 Å². The Bertz CT molecular complexity index is 566. The van der Waals surface area contributed by atoms with Gasteiger partial charge in [-0.15, -0.1) is 0 Å². The van der Waals surface area contributed by atoms with Crippen molar-refractivity contribution in [2.24, 2.45) is 17.8 Å². The van der Waals surface area contributed by atoms with Crippen LogP contribution in [0.4, 0.5) is 4.39 Å². The van der Waals surface area contributed by atoms with Crippen molar-refractivity contribution in [3.63, 3.8) is 0 Å². The van der Waals surface area contributed by atoms with Gasteiger partial charge in [-0.1, -0.05) is 63.3 Å². The van der Waals surface area contributed by atoms with Crippen molar-refractivity contribution in [2.45, 2.75) is 96.8 Å². The maximum absolute atomic E-state index is 14.7. The van der Waals surface area contributed by atoms with Crippen molar-refractivity contribution in [1.82, 2.24) is 0 Å². The second kappa shape index (κ2) is 9.58. The van der Waals surface area contributed by atoms with E-state index in [4.69, 9.17) is 11.6 Å². The molecule has 3 rings (SSSR count). The van der Waals surface area contributed by atoms with Crippen LogP contribution in [0.15, 0.2) is 12.1 Å². The molecule has 0 aromatic heterocycles. The van der Waals surface area contributed by atoms with Crippen molar-refractivity contribution in [1.29, 1.82) is 0 Å². The molecule has 146 valence electrons. The minimum absolute atomic E-state index is 0.149. The number of aryl methyl sites for hydroxylation is 1. The molecule has 2 fully saturated rings. The van der Waals surface area contributed by atoms with Gasteiger partial charge in [0, 0.05) is 0 Å². The van der Waals surface area contributed by atoms with Gasteiger partial charge >= 0.3 is 0 Å². The van der Waals surface area contributed by atoms with Crippen LogP contribution in [0.3, 0.4) is 0 Å². The SMILES string of the molecule is CCCCCc1ccc(C2CCC(C3CCC(C)CC3)CC2)c(Cl)c1F. The molecule has 1 aromatic carbocycles. The molecule has 0 aliphatic heterocycles. The summed E-state index contributed by atoms with van der Waals surface area (Å²) >= 11 is 6.47. The van der Waals surface area contributed by atoms with E-state index in [0.717, 1.165) is 54.6 Å². The first kappa shape index (κ1) is 20.2. The predicted molar refractivity (Wildman–Crippen MR) is 110 cm³/mol. The van der Waals surface area contributed by atoms with E-state index in [9.17, 15) is 4.39 Å². The average Bonchev–Trinajstić information content (AvgIpc) is 2.66. The highest BCUT2D eigenvalue weighted by Gasteiger charge is 2.31. The first-order chi connectivity index (χ1) is 12.6. The van der Waals surface area contributed by atoms with Crippen molar-refractivity contribution in [3.8, 4) is 0 Å². The Balaban J connectivity index is 1.58. The molecule has 0 amide bonds. The third-order valence-electron chi connectivity index (χ3n) is 7.18. The molecule has 0 nitrogen and oxygen atoms in total. The molecule has 0 heterocycles. The molecular formula is C24H36ClF. The Kier molecular flexibility index (Phi) is 7.44. The van der Waals surface area contributed by atoms with Crippen LogP contribution < -0.4 is 0 Å². The average molecular weight is 379 g/mol. The fraction of sp³-hybridized carbons (Fsp3) is 0.750. The third kappa shape index (κ3) is 4.83. The van der Waals surface area contributed by atoms with Crippen LogP contribution >= 0.6 is 11.6 Å². The Morgan fingerprint density at radius 3 is 2.15 bits per heavy atom. The summed E-state index contributed by atoms with van der Waals surface area (Å²) in [6.45, 7) is 4.58. The Labute approximate surface area is 164 Å². The van der Waals surface area contributed by atoms with Crippen molar-refractivity contribution >= 4 is 11.6 Å². The Morgan fingerprint density at radius 2 is 1.54 bits per heavy atom. The standard InChI is InChI=1S/C24H36ClF/c1-3-4-5-6-21-15-16-22(23(25)24(21)26)20-13-11-19(12-14-20)18-9-7-17(2)8-10-18/h15-20H,3-14H2,1-2H3. The first-order valence-electron chi connectivity index (χ1n) is 11.1. The summed E-state index contributed by atoms with van der Waals surface area (Å²) in [5.41, 5.74) is 1.87. The van der Waals surface area contributed by atoms with Crippen molar-refractivity contribution in [2.75, 3.05) is 0 Å². The number of unbranched alkanes of at least 4 members (excludes halogenated alkanes) is 2. The van der Waals surface area contributed by atoms with E-state index in [1.54, 1.807) is 0 Å². The van der Waals surface area contributed by atoms with E-state index in [2.05, 4.69) is 19.9 Å². The molecular weight excluding hydrogens is 343 g/mol. The van der Waals surface area contributed by atoms with Crippen LogP contribution in [-0.2, 0) is 6.42 Å². The first-order valence-corrected chi connectivity index (χ1v) is 11.4. The molecule has 0 unspecified atom stereocenters. The van der Waals surface area contributed by atoms with Crippen LogP contribution in [0.1, 0.15) is 102 Å². The lowest BCUT2D eigenvalue weighted by Gasteiger charge is -2.37. The monoisotopic (exact) mass is 378 g/mol. The molecule has 2 heteroatoms. The van der Waals surface area contributed by atoms with Gasteiger partial charge in [0.15, 0.2) is 0 Å². The summed E-state index contributed by atoms with van der Waals surface area (Å²) in [7, 11) is 0. The summed E-state index contributed by atoms with van der Waals surface area (Å²) in [4.78, 5) is 0. The summed E-state index contributed by atoms with van der Waals surface area (Å²) in [5.74, 6) is 3.08. The fourth-order valence-corrected chi connectivity index (χ4v) is 5.68. The smallest absolute Gasteiger partial charge is 0.145 e. The highest BCUT2D eigenvalue weighted by Crippen LogP contribution is 2.45. The molecule has 2 aliphatic rings. The molecule has 2 saturated carbocycles. The number of rotatable bonds is 6. The summed E-state index contributed by atoms with van der Waals surface area (Å²) in [6, 6.07) is 4.13. The van der Waals surface area contributed by atoms with E-state index in [1.807, 2.05) is 6.07 Å². The predicted octanol–water partition coefficient (Wildman–Crippen LogP) is 8.31. The minimum atomic E-state index is -0.149. The Hall–Kier alpha value is -0.560. The van der Waals surface area contributed by atoms with Crippen molar-refractivity contribution in [3.05, 3.63) is 34.1 Å². The lowest BCUT2D eigenvalue weighted by molar-refractivity contribution is 0.165. The molecule has 0 saturated heterocycles. The largest absolute Gasteiger partial charge is 0.205 e. The fourth-order valence-electron chi connectivity index (χ4n) is 5.34. The zero-order chi connectivity index (χ0) is 18.5. The van der Waals surface area contributed by atoms with Gasteiger partial charge in [-0.3, -0.25) is 0 Å². The van der Waals surface area contributed by atoms with Gasteiger partial charge in [0.1, 0.15) is 5.82 Å². The molecule has 0 spiro atoms. The van der Waals surface area contributed by atoms with E-state index >= 15 is 0 Å². The summed E-state index contributed by atoms with van der Waals surface area (Å²) in [6.07, 6.45) is 14.9. The van der Waals surface area contributed by atoms with Crippen LogP contribution in [-0.4, -0.2) is 0 Å². The van der Waals surface area contributed by atoms with Crippen LogP contribution in [0.2, 0.25) is 5.02 Å². The van der Waals surface area contributed by atoms with Crippen molar-refractivity contribution < 1.29 is 4.39 Å². The van der Waals surface area contributed by atoms with E-state index in [1.165, 1.54) is 51.4 Å². The van der Waals surface area contributed by atoms with Gasteiger partial charge in [0.2, 0.25) is 0 Å². The van der Waals surface area contributed by atoms with E-state index in [0.29, 0.717) is 10.9 Å². The van der Waals surface area contributed by atoms with Crippen LogP contribution in [0.5, 0.6) is 0 Å². The normalized spacial score (nSPS) is 29.7. The van der Waals surface area contributed by atoms with Gasteiger partial charge in [-0.25, -0.2) is 4.39 Å². The lowest BCUT2D eigenvalue weighted by Crippen LogP contribution is -2.25. The van der Waals surface area contributed by atoms with Crippen LogP contribution in [0.25, 0.3) is 0 Å². The number of benzene rings is 1. The molecule has 0 bridgehead atoms. The zero-order valence-electron chi connectivity index (χ0n) is 16.7. The van der Waals surface area contributed by atoms with Gasteiger partial charge in [0.25, 0.3) is 0 Å². The molecule has 0 radical (unpaired) electrons. The van der Waals surface area contributed by atoms with E-state index < -0.39 is 0 Å². The summed E-state index contributed by atoms with van der Waals surface area (Å²) in [5, 5.41) is 0.411. The Morgan fingerprint density at radius 1 is 0.923 bits per heavy atom. The summed E-state index contributed by atoms with van der Waals surface area (Å²) < 4.78 is 14.7. The van der Waals surface area contributed by atoms with Gasteiger partial charge in [-0.2, -0.15) is 0 Å². The molecule has 26 heavy (non-hydrogen) atoms. The molecule has 0 N–H and O–H groups in total. The highest BCUT2D eigenvalue weighted by molar-refractivity contribution is 6.31. The number of hydrogen-bond donors (Lipinski definition) is 0. The molecule has 2 aliphatic carbocycles. The van der Waals surface area contributed by atoms with E-state index in [-0.39, 0.29) is 5.82 Å². The van der Waals surface area contributed by atoms with Crippen LogP contribution in [0, 0.1) is 23.6 Å². The molecule has 0 atom stereocenters. The maximum Gasteiger partial charge on any atom is 0.145 e. The molecule has 1 aromatic rings. The number of hydrogen-bond acceptors (Lipinski definition) is 0. The lowest BCUT2D eigenvalue weighted by atomic mass is 9.68. The quantitative estimate of drug-likeness (QED) is 0.436. The second-order valence-corrected chi connectivity index (χ2v) is 9.41. The second-order valence-electron chi connectivity index (χ2n) is 9.03. The number of halogens is 2. The topological polar surface area (TPSA) is 0 Å². The zero-order valence-corrected chi connectivity index (χ0v) is 17.5.